The molecule has 0 saturated heterocycles. The molecule has 2 unspecified atom stereocenters. The van der Waals surface area contributed by atoms with Crippen molar-refractivity contribution in [1.29, 1.82) is 0 Å². The Labute approximate surface area is 149 Å². The Morgan fingerprint density at radius 1 is 1.32 bits per heavy atom. The lowest BCUT2D eigenvalue weighted by atomic mass is 10.0. The molecule has 1 aliphatic carbocycles. The van der Waals surface area contributed by atoms with E-state index in [2.05, 4.69) is 29.0 Å². The molecule has 0 radical (unpaired) electrons. The molecular formula is C18H19ClN4O2. The molecule has 2 heterocycles. The van der Waals surface area contributed by atoms with Gasteiger partial charge >= 0.3 is 5.69 Å². The van der Waals surface area contributed by atoms with E-state index in [1.807, 2.05) is 22.8 Å². The standard InChI is InChI=1S/C18H19ClN4O2/c1-11-10-18(11,9-8-12-6-4-3-5-7-12)23-13-14(20-16(23)19)21-17(25)22(2)15(13)24/h3-7,11H,8-10H2,1-2H3,(H,21,25). The fraction of sp³-hybridized carbons (Fsp3) is 0.389. The first kappa shape index (κ1) is 16.1. The summed E-state index contributed by atoms with van der Waals surface area (Å²) in [5.41, 5.74) is 0.812. The highest BCUT2D eigenvalue weighted by molar-refractivity contribution is 6.29. The summed E-state index contributed by atoms with van der Waals surface area (Å²) < 4.78 is 2.91. The Morgan fingerprint density at radius 2 is 2.00 bits per heavy atom. The Morgan fingerprint density at radius 3 is 2.64 bits per heavy atom. The first-order valence-corrected chi connectivity index (χ1v) is 8.73. The smallest absolute Gasteiger partial charge is 0.302 e. The third-order valence-corrected chi connectivity index (χ3v) is 5.68. The van der Waals surface area contributed by atoms with E-state index in [0.717, 1.165) is 23.8 Å². The minimum atomic E-state index is -0.485. The van der Waals surface area contributed by atoms with Gasteiger partial charge in [-0.2, -0.15) is 4.98 Å². The minimum Gasteiger partial charge on any atom is -0.302 e. The van der Waals surface area contributed by atoms with Crippen molar-refractivity contribution in [2.24, 2.45) is 13.0 Å². The number of aromatic nitrogens is 4. The van der Waals surface area contributed by atoms with Crippen LogP contribution in [-0.2, 0) is 19.0 Å². The van der Waals surface area contributed by atoms with E-state index in [9.17, 15) is 9.59 Å². The molecule has 1 aromatic carbocycles. The van der Waals surface area contributed by atoms with Gasteiger partial charge in [0.25, 0.3) is 5.56 Å². The summed E-state index contributed by atoms with van der Waals surface area (Å²) in [6.07, 6.45) is 2.70. The first-order valence-electron chi connectivity index (χ1n) is 8.36. The number of imidazole rings is 1. The van der Waals surface area contributed by atoms with Gasteiger partial charge in [0, 0.05) is 7.05 Å². The second kappa shape index (κ2) is 5.59. The number of rotatable bonds is 4. The average Bonchev–Trinajstić information content (AvgIpc) is 3.13. The number of H-pyrrole nitrogens is 1. The summed E-state index contributed by atoms with van der Waals surface area (Å²) in [6, 6.07) is 10.3. The van der Waals surface area contributed by atoms with Crippen LogP contribution in [-0.4, -0.2) is 19.1 Å². The lowest BCUT2D eigenvalue weighted by Gasteiger charge is -2.20. The molecule has 1 aliphatic rings. The molecular weight excluding hydrogens is 340 g/mol. The van der Waals surface area contributed by atoms with E-state index < -0.39 is 5.69 Å². The molecule has 0 aliphatic heterocycles. The molecule has 1 fully saturated rings. The van der Waals surface area contributed by atoms with Crippen molar-refractivity contribution in [1.82, 2.24) is 19.1 Å². The maximum absolute atomic E-state index is 12.7. The van der Waals surface area contributed by atoms with E-state index in [4.69, 9.17) is 11.6 Å². The van der Waals surface area contributed by atoms with Crippen LogP contribution in [0.15, 0.2) is 39.9 Å². The van der Waals surface area contributed by atoms with Gasteiger partial charge in [-0.05, 0) is 42.3 Å². The third-order valence-electron chi connectivity index (χ3n) is 5.43. The van der Waals surface area contributed by atoms with E-state index in [0.29, 0.717) is 11.4 Å². The monoisotopic (exact) mass is 358 g/mol. The SMILES string of the molecule is CC1CC1(CCc1ccccc1)n1c(Cl)nc2[nH]c(=O)n(C)c(=O)c21. The Kier molecular flexibility index (Phi) is 3.61. The van der Waals surface area contributed by atoms with Crippen LogP contribution in [0.5, 0.6) is 0 Å². The predicted molar refractivity (Wildman–Crippen MR) is 97.1 cm³/mol. The van der Waals surface area contributed by atoms with Crippen LogP contribution in [0, 0.1) is 5.92 Å². The maximum atomic E-state index is 12.7. The highest BCUT2D eigenvalue weighted by Crippen LogP contribution is 2.55. The Bertz CT molecular complexity index is 1070. The molecule has 2 aromatic heterocycles. The van der Waals surface area contributed by atoms with Gasteiger partial charge in [-0.15, -0.1) is 0 Å². The number of hydrogen-bond acceptors (Lipinski definition) is 3. The topological polar surface area (TPSA) is 72.7 Å². The van der Waals surface area contributed by atoms with Gasteiger partial charge in [-0.1, -0.05) is 37.3 Å². The van der Waals surface area contributed by atoms with E-state index in [1.54, 1.807) is 0 Å². The Balaban J connectivity index is 1.82. The zero-order valence-corrected chi connectivity index (χ0v) is 14.9. The molecule has 25 heavy (non-hydrogen) atoms. The van der Waals surface area contributed by atoms with Gasteiger partial charge in [-0.25, -0.2) is 4.79 Å². The van der Waals surface area contributed by atoms with Crippen molar-refractivity contribution < 1.29 is 0 Å². The summed E-state index contributed by atoms with van der Waals surface area (Å²) in [7, 11) is 1.46. The van der Waals surface area contributed by atoms with Crippen molar-refractivity contribution in [3.63, 3.8) is 0 Å². The third kappa shape index (κ3) is 2.43. The summed E-state index contributed by atoms with van der Waals surface area (Å²) >= 11 is 6.40. The zero-order valence-electron chi connectivity index (χ0n) is 14.1. The van der Waals surface area contributed by atoms with Crippen LogP contribution in [0.1, 0.15) is 25.3 Å². The van der Waals surface area contributed by atoms with Crippen LogP contribution in [0.4, 0.5) is 0 Å². The molecule has 1 N–H and O–H groups in total. The number of halogens is 1. The number of nitrogens with one attached hydrogen (secondary N) is 1. The second-order valence-electron chi connectivity index (χ2n) is 6.90. The molecule has 130 valence electrons. The summed E-state index contributed by atoms with van der Waals surface area (Å²) in [6.45, 7) is 2.16. The minimum absolute atomic E-state index is 0.230. The highest BCUT2D eigenvalue weighted by atomic mass is 35.5. The van der Waals surface area contributed by atoms with Crippen molar-refractivity contribution >= 4 is 22.8 Å². The summed E-state index contributed by atoms with van der Waals surface area (Å²) in [5.74, 6) is 0.391. The van der Waals surface area contributed by atoms with Crippen molar-refractivity contribution in [3.05, 3.63) is 62.0 Å². The number of nitrogens with zero attached hydrogens (tertiary/aromatic N) is 3. The van der Waals surface area contributed by atoms with Gasteiger partial charge in [-0.3, -0.25) is 14.3 Å². The van der Waals surface area contributed by atoms with Gasteiger partial charge in [0.2, 0.25) is 5.28 Å². The molecule has 0 amide bonds. The van der Waals surface area contributed by atoms with Crippen LogP contribution in [0.25, 0.3) is 11.2 Å². The second-order valence-corrected chi connectivity index (χ2v) is 7.24. The van der Waals surface area contributed by atoms with E-state index in [1.165, 1.54) is 12.6 Å². The predicted octanol–water partition coefficient (Wildman–Crippen LogP) is 2.44. The molecule has 0 spiro atoms. The van der Waals surface area contributed by atoms with Crippen molar-refractivity contribution in [2.45, 2.75) is 31.7 Å². The lowest BCUT2D eigenvalue weighted by molar-refractivity contribution is 0.420. The fourth-order valence-electron chi connectivity index (χ4n) is 3.77. The number of benzene rings is 1. The van der Waals surface area contributed by atoms with Crippen molar-refractivity contribution in [2.75, 3.05) is 0 Å². The quantitative estimate of drug-likeness (QED) is 0.728. The van der Waals surface area contributed by atoms with Crippen LogP contribution < -0.4 is 11.2 Å². The van der Waals surface area contributed by atoms with Crippen LogP contribution in [0.3, 0.4) is 0 Å². The largest absolute Gasteiger partial charge is 0.329 e. The molecule has 2 atom stereocenters. The van der Waals surface area contributed by atoms with Gasteiger partial charge < -0.3 is 4.57 Å². The first-order chi connectivity index (χ1) is 11.9. The molecule has 0 bridgehead atoms. The number of aromatic amines is 1. The molecule has 6 nitrogen and oxygen atoms in total. The Hall–Kier alpha value is -2.34. The van der Waals surface area contributed by atoms with Gasteiger partial charge in [0.05, 0.1) is 5.54 Å². The highest BCUT2D eigenvalue weighted by Gasteiger charge is 2.54. The van der Waals surface area contributed by atoms with E-state index >= 15 is 0 Å². The van der Waals surface area contributed by atoms with Gasteiger partial charge in [0.15, 0.2) is 11.2 Å². The summed E-state index contributed by atoms with van der Waals surface area (Å²) in [4.78, 5) is 31.4. The number of fused-ring (bicyclic) bond motifs is 1. The molecule has 4 rings (SSSR count). The zero-order chi connectivity index (χ0) is 17.8. The molecule has 7 heteroatoms. The average molecular weight is 359 g/mol. The lowest BCUT2D eigenvalue weighted by Crippen LogP contribution is -2.34. The fourth-order valence-corrected chi connectivity index (χ4v) is 4.11. The molecule has 3 aromatic rings. The summed E-state index contributed by atoms with van der Waals surface area (Å²) in [5, 5.41) is 0.256. The van der Waals surface area contributed by atoms with Crippen molar-refractivity contribution in [3.8, 4) is 0 Å². The normalized spacial score (nSPS) is 22.4. The van der Waals surface area contributed by atoms with Crippen LogP contribution >= 0.6 is 11.6 Å². The van der Waals surface area contributed by atoms with Crippen LogP contribution in [0.2, 0.25) is 5.28 Å². The maximum Gasteiger partial charge on any atom is 0.329 e. The number of hydrogen-bond donors (Lipinski definition) is 1. The van der Waals surface area contributed by atoms with Gasteiger partial charge in [0.1, 0.15) is 0 Å². The van der Waals surface area contributed by atoms with E-state index in [-0.39, 0.29) is 22.0 Å². The molecule has 1 saturated carbocycles. The number of aryl methyl sites for hydroxylation is 1.